The van der Waals surface area contributed by atoms with Crippen LogP contribution in [0.4, 0.5) is 17.1 Å². The van der Waals surface area contributed by atoms with Crippen molar-refractivity contribution >= 4 is 72.0 Å². The van der Waals surface area contributed by atoms with Crippen LogP contribution in [-0.4, -0.2) is 4.98 Å². The second kappa shape index (κ2) is 12.1. The molecule has 0 atom stereocenters. The summed E-state index contributed by atoms with van der Waals surface area (Å²) in [5.74, 6) is 0.595. The van der Waals surface area contributed by atoms with Crippen LogP contribution in [0.3, 0.4) is 0 Å². The van der Waals surface area contributed by atoms with E-state index in [2.05, 4.69) is 120 Å². The molecule has 11 aromatic rings. The normalized spacial score (nSPS) is 11.7. The molecule has 0 bridgehead atoms. The summed E-state index contributed by atoms with van der Waals surface area (Å²) >= 11 is 0. The SMILES string of the molecule is c1ccc(-c2ccc(N(c3ccc(-c4cccc5oc6cc7nc(-c8ccccc8)oc7cc6c45)cc3)c3ccc4c(c3)oc3ccccc34)cc2)cc1. The molecular formula is C49H30N2O3. The van der Waals surface area contributed by atoms with Gasteiger partial charge in [0.25, 0.3) is 0 Å². The van der Waals surface area contributed by atoms with Crippen LogP contribution in [0.1, 0.15) is 0 Å². The average Bonchev–Trinajstić information content (AvgIpc) is 3.94. The maximum Gasteiger partial charge on any atom is 0.227 e. The van der Waals surface area contributed by atoms with Gasteiger partial charge in [0.1, 0.15) is 27.8 Å². The maximum atomic E-state index is 6.42. The molecule has 0 aliphatic carbocycles. The van der Waals surface area contributed by atoms with E-state index in [0.29, 0.717) is 5.89 Å². The Hall–Kier alpha value is -7.37. The number of fused-ring (bicyclic) bond motifs is 7. The van der Waals surface area contributed by atoms with Crippen LogP contribution in [0.5, 0.6) is 0 Å². The molecule has 3 heterocycles. The molecule has 0 N–H and O–H groups in total. The van der Waals surface area contributed by atoms with Gasteiger partial charge in [0, 0.05) is 56.3 Å². The largest absolute Gasteiger partial charge is 0.456 e. The molecule has 5 nitrogen and oxygen atoms in total. The summed E-state index contributed by atoms with van der Waals surface area (Å²) < 4.78 is 19.0. The van der Waals surface area contributed by atoms with E-state index in [1.807, 2.05) is 66.7 Å². The minimum Gasteiger partial charge on any atom is -0.456 e. The number of hydrogen-bond donors (Lipinski definition) is 0. The molecule has 3 aromatic heterocycles. The molecule has 0 amide bonds. The predicted molar refractivity (Wildman–Crippen MR) is 220 cm³/mol. The Morgan fingerprint density at radius 3 is 1.72 bits per heavy atom. The molecule has 254 valence electrons. The highest BCUT2D eigenvalue weighted by Crippen LogP contribution is 2.42. The molecule has 54 heavy (non-hydrogen) atoms. The van der Waals surface area contributed by atoms with Crippen molar-refractivity contribution in [2.45, 2.75) is 0 Å². The molecule has 5 heteroatoms. The Balaban J connectivity index is 1.02. The van der Waals surface area contributed by atoms with Crippen molar-refractivity contribution < 1.29 is 13.3 Å². The third-order valence-corrected chi connectivity index (χ3v) is 10.3. The van der Waals surface area contributed by atoms with Crippen LogP contribution in [0.25, 0.3) is 88.7 Å². The van der Waals surface area contributed by atoms with Gasteiger partial charge in [0.15, 0.2) is 5.58 Å². The summed E-state index contributed by atoms with van der Waals surface area (Å²) in [5.41, 5.74) is 13.4. The maximum absolute atomic E-state index is 6.42. The van der Waals surface area contributed by atoms with E-state index in [0.717, 1.165) is 88.7 Å². The average molecular weight is 695 g/mol. The van der Waals surface area contributed by atoms with Crippen LogP contribution in [-0.2, 0) is 0 Å². The summed E-state index contributed by atoms with van der Waals surface area (Å²) in [5, 5.41) is 4.25. The van der Waals surface area contributed by atoms with Gasteiger partial charge >= 0.3 is 0 Å². The number of oxazole rings is 1. The summed E-state index contributed by atoms with van der Waals surface area (Å²) in [6.07, 6.45) is 0. The molecule has 11 rings (SSSR count). The number of benzene rings is 8. The van der Waals surface area contributed by atoms with E-state index in [1.165, 1.54) is 11.1 Å². The molecule has 8 aromatic carbocycles. The Kier molecular flexibility index (Phi) is 6.79. The van der Waals surface area contributed by atoms with Crippen LogP contribution in [0, 0.1) is 0 Å². The zero-order valence-corrected chi connectivity index (χ0v) is 28.9. The molecule has 0 saturated heterocycles. The van der Waals surface area contributed by atoms with E-state index in [-0.39, 0.29) is 0 Å². The van der Waals surface area contributed by atoms with Crippen molar-refractivity contribution in [3.05, 3.63) is 182 Å². The summed E-state index contributed by atoms with van der Waals surface area (Å²) in [6, 6.07) is 62.9. The van der Waals surface area contributed by atoms with E-state index in [4.69, 9.17) is 18.2 Å². The van der Waals surface area contributed by atoms with E-state index >= 15 is 0 Å². The van der Waals surface area contributed by atoms with Crippen LogP contribution >= 0.6 is 0 Å². The van der Waals surface area contributed by atoms with Gasteiger partial charge in [-0.15, -0.1) is 0 Å². The Morgan fingerprint density at radius 1 is 0.352 bits per heavy atom. The Labute approximate surface area is 309 Å². The first-order valence-electron chi connectivity index (χ1n) is 18.0. The van der Waals surface area contributed by atoms with Gasteiger partial charge in [-0.3, -0.25) is 0 Å². The molecule has 0 spiro atoms. The Bertz CT molecular complexity index is 3140. The van der Waals surface area contributed by atoms with Crippen LogP contribution in [0.2, 0.25) is 0 Å². The number of aromatic nitrogens is 1. The van der Waals surface area contributed by atoms with Gasteiger partial charge in [-0.1, -0.05) is 103 Å². The fourth-order valence-electron chi connectivity index (χ4n) is 7.72. The standard InChI is InChI=1S/C49H30N2O3/c1-3-10-31(11-4-1)32-18-22-35(23-19-32)51(37-26-27-40-39-14-7-8-16-43(39)52-45(40)28-37)36-24-20-33(21-25-36)38-15-9-17-44-48(38)41-29-47-42(30-46(41)53-44)50-49(54-47)34-12-5-2-6-13-34/h1-30H. The number of hydrogen-bond acceptors (Lipinski definition) is 5. The molecule has 0 unspecified atom stereocenters. The highest BCUT2D eigenvalue weighted by atomic mass is 16.4. The monoisotopic (exact) mass is 694 g/mol. The Morgan fingerprint density at radius 2 is 0.944 bits per heavy atom. The molecule has 0 aliphatic rings. The number of para-hydroxylation sites is 1. The summed E-state index contributed by atoms with van der Waals surface area (Å²) in [4.78, 5) is 7.05. The second-order valence-electron chi connectivity index (χ2n) is 13.6. The van der Waals surface area contributed by atoms with Gasteiger partial charge in [-0.2, -0.15) is 0 Å². The van der Waals surface area contributed by atoms with E-state index in [1.54, 1.807) is 0 Å². The predicted octanol–water partition coefficient (Wildman–Crippen LogP) is 14.1. The lowest BCUT2D eigenvalue weighted by Crippen LogP contribution is -2.09. The zero-order valence-electron chi connectivity index (χ0n) is 28.9. The van der Waals surface area contributed by atoms with Gasteiger partial charge < -0.3 is 18.2 Å². The minimum absolute atomic E-state index is 0.595. The first kappa shape index (κ1) is 30.3. The first-order chi connectivity index (χ1) is 26.7. The van der Waals surface area contributed by atoms with Crippen LogP contribution < -0.4 is 4.90 Å². The van der Waals surface area contributed by atoms with E-state index < -0.39 is 0 Å². The van der Waals surface area contributed by atoms with Crippen molar-refractivity contribution in [3.8, 4) is 33.7 Å². The lowest BCUT2D eigenvalue weighted by molar-refractivity contribution is 0.620. The smallest absolute Gasteiger partial charge is 0.227 e. The van der Waals surface area contributed by atoms with E-state index in [9.17, 15) is 0 Å². The van der Waals surface area contributed by atoms with Crippen molar-refractivity contribution in [1.82, 2.24) is 4.98 Å². The molecule has 0 fully saturated rings. The zero-order chi connectivity index (χ0) is 35.6. The lowest BCUT2D eigenvalue weighted by Gasteiger charge is -2.26. The number of anilines is 3. The van der Waals surface area contributed by atoms with Gasteiger partial charge in [-0.25, -0.2) is 4.98 Å². The highest BCUT2D eigenvalue weighted by molar-refractivity contribution is 6.15. The second-order valence-corrected chi connectivity index (χ2v) is 13.6. The molecule has 0 aliphatic heterocycles. The molecule has 0 saturated carbocycles. The third kappa shape index (κ3) is 4.98. The number of furan rings is 2. The van der Waals surface area contributed by atoms with Crippen molar-refractivity contribution in [3.63, 3.8) is 0 Å². The fourth-order valence-corrected chi connectivity index (χ4v) is 7.72. The molecule has 0 radical (unpaired) electrons. The first-order valence-corrected chi connectivity index (χ1v) is 18.0. The fraction of sp³-hybridized carbons (Fsp3) is 0. The number of rotatable bonds is 6. The molecular weight excluding hydrogens is 665 g/mol. The van der Waals surface area contributed by atoms with Crippen LogP contribution in [0.15, 0.2) is 195 Å². The van der Waals surface area contributed by atoms with Crippen molar-refractivity contribution in [1.29, 1.82) is 0 Å². The lowest BCUT2D eigenvalue weighted by atomic mass is 9.99. The number of nitrogens with zero attached hydrogens (tertiary/aromatic N) is 2. The topological polar surface area (TPSA) is 55.6 Å². The van der Waals surface area contributed by atoms with Gasteiger partial charge in [0.05, 0.1) is 0 Å². The highest BCUT2D eigenvalue weighted by Gasteiger charge is 2.19. The van der Waals surface area contributed by atoms with Crippen molar-refractivity contribution in [2.24, 2.45) is 0 Å². The minimum atomic E-state index is 0.595. The van der Waals surface area contributed by atoms with Gasteiger partial charge in [-0.05, 0) is 89.0 Å². The third-order valence-electron chi connectivity index (χ3n) is 10.3. The quantitative estimate of drug-likeness (QED) is 0.173. The van der Waals surface area contributed by atoms with Gasteiger partial charge in [0.2, 0.25) is 5.89 Å². The summed E-state index contributed by atoms with van der Waals surface area (Å²) in [7, 11) is 0. The summed E-state index contributed by atoms with van der Waals surface area (Å²) in [6.45, 7) is 0. The van der Waals surface area contributed by atoms with Crippen molar-refractivity contribution in [2.75, 3.05) is 4.90 Å².